The SMILES string of the molecule is [Cl][Sn]1([Cl])[n]2c3c4cc5ccccc5cc4c2Nc2[nH]c(c4cc5ccccc5cc24)Nc2c4cc5ccccc5cc4c([n]21)Nc1[nH]c(c2cc4ccccc4cc12)N3. The van der Waals surface area contributed by atoms with Gasteiger partial charge in [0.05, 0.1) is 0 Å². The van der Waals surface area contributed by atoms with Gasteiger partial charge in [0.1, 0.15) is 0 Å². The third-order valence-corrected chi connectivity index (χ3v) is 22.7. The molecule has 6 bridgehead atoms. The Morgan fingerprint density at radius 3 is 0.729 bits per heavy atom. The van der Waals surface area contributed by atoms with E-state index < -0.39 is 16.7 Å². The second kappa shape index (κ2) is 11.4. The molecule has 8 aromatic carbocycles. The van der Waals surface area contributed by atoms with E-state index in [4.69, 9.17) is 17.8 Å². The molecule has 280 valence electrons. The topological polar surface area (TPSA) is 89.6 Å². The van der Waals surface area contributed by atoms with Gasteiger partial charge >= 0.3 is 350 Å². The number of aromatic nitrogens is 4. The Bertz CT molecular complexity index is 3370. The Morgan fingerprint density at radius 1 is 0.305 bits per heavy atom. The van der Waals surface area contributed by atoms with Gasteiger partial charge in [0.15, 0.2) is 0 Å². The van der Waals surface area contributed by atoms with Crippen LogP contribution in [-0.2, 0) is 0 Å². The van der Waals surface area contributed by atoms with Gasteiger partial charge in [0.25, 0.3) is 0 Å². The molecule has 11 heteroatoms. The number of nitrogens with zero attached hydrogens (tertiary/aromatic N) is 2. The molecule has 8 nitrogen and oxygen atoms in total. The fourth-order valence-corrected chi connectivity index (χ4v) is 20.0. The Labute approximate surface area is 347 Å². The molecule has 0 unspecified atom stereocenters. The van der Waals surface area contributed by atoms with Crippen LogP contribution in [0.5, 0.6) is 0 Å². The molecule has 6 N–H and O–H groups in total. The molecule has 2 aliphatic rings. The van der Waals surface area contributed by atoms with E-state index in [2.05, 4.69) is 182 Å². The molecular formula is C48H30Cl2N8Sn. The van der Waals surface area contributed by atoms with Gasteiger partial charge in [-0.3, -0.25) is 0 Å². The summed E-state index contributed by atoms with van der Waals surface area (Å²) in [6.07, 6.45) is 0. The number of benzene rings is 8. The number of rotatable bonds is 0. The van der Waals surface area contributed by atoms with E-state index in [9.17, 15) is 0 Å². The van der Waals surface area contributed by atoms with Gasteiger partial charge in [-0.15, -0.1) is 0 Å². The molecule has 0 saturated carbocycles. The second-order valence-electron chi connectivity index (χ2n) is 15.8. The van der Waals surface area contributed by atoms with Gasteiger partial charge in [0, 0.05) is 0 Å². The number of aromatic amines is 2. The average molecular weight is 908 g/mol. The van der Waals surface area contributed by atoms with E-state index >= 15 is 0 Å². The van der Waals surface area contributed by atoms with Crippen LogP contribution in [0.4, 0.5) is 46.5 Å². The number of anilines is 8. The summed E-state index contributed by atoms with van der Waals surface area (Å²) in [7, 11) is 16.8. The van der Waals surface area contributed by atoms with Gasteiger partial charge in [-0.25, -0.2) is 0 Å². The Kier molecular flexibility index (Phi) is 6.27. The van der Waals surface area contributed by atoms with Gasteiger partial charge in [-0.2, -0.15) is 0 Å². The van der Waals surface area contributed by atoms with E-state index in [0.29, 0.717) is 0 Å². The van der Waals surface area contributed by atoms with E-state index in [1.54, 1.807) is 0 Å². The van der Waals surface area contributed by atoms with Crippen molar-refractivity contribution in [1.29, 1.82) is 0 Å². The maximum absolute atomic E-state index is 8.38. The normalized spacial score (nSPS) is 14.3. The Hall–Kier alpha value is -6.46. The summed E-state index contributed by atoms with van der Waals surface area (Å²) in [5, 5.41) is 33.1. The zero-order valence-electron chi connectivity index (χ0n) is 31.0. The molecule has 0 fully saturated rings. The maximum atomic E-state index is 8.38. The van der Waals surface area contributed by atoms with E-state index in [0.717, 1.165) is 133 Å². The molecule has 59 heavy (non-hydrogen) atoms. The number of fused-ring (bicyclic) bond motifs is 20. The van der Waals surface area contributed by atoms with Crippen molar-refractivity contribution in [1.82, 2.24) is 15.5 Å². The van der Waals surface area contributed by atoms with Crippen LogP contribution in [-0.4, -0.2) is 32.2 Å². The number of hydrogen-bond donors (Lipinski definition) is 6. The molecule has 0 amide bonds. The molecule has 12 aromatic rings. The quantitative estimate of drug-likeness (QED) is 0.0856. The average Bonchev–Trinajstić information content (AvgIpc) is 3.95. The first-order chi connectivity index (χ1) is 28.9. The first kappa shape index (κ1) is 32.5. The van der Waals surface area contributed by atoms with Crippen molar-refractivity contribution in [2.75, 3.05) is 21.3 Å². The van der Waals surface area contributed by atoms with Crippen LogP contribution in [0.1, 0.15) is 0 Å². The number of halogens is 2. The summed E-state index contributed by atoms with van der Waals surface area (Å²) in [5.41, 5.74) is 0. The molecule has 0 atom stereocenters. The fraction of sp³-hybridized carbons (Fsp3) is 0. The molecule has 14 rings (SSSR count). The zero-order valence-corrected chi connectivity index (χ0v) is 35.4. The number of hydrogen-bond acceptors (Lipinski definition) is 4. The summed E-state index contributed by atoms with van der Waals surface area (Å²) in [6, 6.07) is 52.1. The van der Waals surface area contributed by atoms with Gasteiger partial charge in [0.2, 0.25) is 0 Å². The molecule has 0 aliphatic carbocycles. The first-order valence-corrected chi connectivity index (χ1v) is 29.4. The van der Waals surface area contributed by atoms with Gasteiger partial charge in [-0.05, 0) is 0 Å². The van der Waals surface area contributed by atoms with Gasteiger partial charge < -0.3 is 0 Å². The van der Waals surface area contributed by atoms with Crippen molar-refractivity contribution in [3.05, 3.63) is 146 Å². The Morgan fingerprint density at radius 2 is 0.508 bits per heavy atom. The molecule has 4 aromatic heterocycles. The van der Waals surface area contributed by atoms with Crippen LogP contribution >= 0.6 is 17.8 Å². The zero-order chi connectivity index (χ0) is 38.7. The number of nitrogens with one attached hydrogen (secondary N) is 6. The van der Waals surface area contributed by atoms with E-state index in [1.165, 1.54) is 0 Å². The van der Waals surface area contributed by atoms with Gasteiger partial charge in [-0.1, -0.05) is 0 Å². The first-order valence-electron chi connectivity index (χ1n) is 19.6. The van der Waals surface area contributed by atoms with E-state index in [1.807, 2.05) is 0 Å². The van der Waals surface area contributed by atoms with Crippen molar-refractivity contribution >= 4 is 167 Å². The molecule has 2 aliphatic heterocycles. The van der Waals surface area contributed by atoms with Crippen LogP contribution in [0, 0.1) is 0 Å². The predicted octanol–water partition coefficient (Wildman–Crippen LogP) is 14.1. The molecule has 6 heterocycles. The van der Waals surface area contributed by atoms with Crippen LogP contribution in [0.3, 0.4) is 0 Å². The van der Waals surface area contributed by atoms with Crippen molar-refractivity contribution in [3.8, 4) is 0 Å². The van der Waals surface area contributed by atoms with Crippen LogP contribution < -0.4 is 21.3 Å². The standard InChI is InChI=1S/C48H30N8.2ClH.Sn/c1-2-10-26-18-34-33(17-25(26)9-1)41-49-42(34)54-44-37-21-29-13-5-6-14-30(29)22-38(37)46(51-44)56-48-40-24-32-16-8-7-15-31(32)23-39(40)47(52-48)55-45-36-20-28-12-4-3-11-27(28)19-35(36)43(50-45)53-41;;;/h1-24,49,52-56H;2*1H;/q-2;;;+4/p-2. The van der Waals surface area contributed by atoms with Crippen molar-refractivity contribution in [3.63, 3.8) is 0 Å². The monoisotopic (exact) mass is 908 g/mol. The van der Waals surface area contributed by atoms with Crippen LogP contribution in [0.25, 0.3) is 86.2 Å². The third-order valence-electron chi connectivity index (χ3n) is 12.5. The molecular weight excluding hydrogens is 878 g/mol. The van der Waals surface area contributed by atoms with Crippen molar-refractivity contribution in [2.45, 2.75) is 0 Å². The summed E-state index contributed by atoms with van der Waals surface area (Å²) in [6.45, 7) is 0. The summed E-state index contributed by atoms with van der Waals surface area (Å²) >= 11 is -5.06. The predicted molar refractivity (Wildman–Crippen MR) is 252 cm³/mol. The van der Waals surface area contributed by atoms with Crippen LogP contribution in [0.2, 0.25) is 0 Å². The summed E-state index contributed by atoms with van der Waals surface area (Å²) in [4.78, 5) is 7.63. The molecule has 0 radical (unpaired) electrons. The minimum absolute atomic E-state index is 0.820. The van der Waals surface area contributed by atoms with Crippen molar-refractivity contribution < 1.29 is 0 Å². The fourth-order valence-electron chi connectivity index (χ4n) is 9.80. The molecule has 0 saturated heterocycles. The summed E-state index contributed by atoms with van der Waals surface area (Å²) in [5.74, 6) is 6.68. The Balaban J connectivity index is 1.21. The number of H-pyrrole nitrogens is 2. The molecule has 0 spiro atoms. The van der Waals surface area contributed by atoms with Crippen LogP contribution in [0.15, 0.2) is 146 Å². The summed E-state index contributed by atoms with van der Waals surface area (Å²) < 4.78 is 4.43. The van der Waals surface area contributed by atoms with Crippen molar-refractivity contribution in [2.24, 2.45) is 0 Å². The van der Waals surface area contributed by atoms with E-state index in [-0.39, 0.29) is 0 Å². The second-order valence-corrected chi connectivity index (χ2v) is 29.6. The third kappa shape index (κ3) is 4.40. The minimum atomic E-state index is -5.06.